The summed E-state index contributed by atoms with van der Waals surface area (Å²) in [6, 6.07) is 19.2. The fourth-order valence-corrected chi connectivity index (χ4v) is 4.66. The van der Waals surface area contributed by atoms with E-state index in [1.807, 2.05) is 62.4 Å². The zero-order valence-electron chi connectivity index (χ0n) is 17.5. The van der Waals surface area contributed by atoms with E-state index in [9.17, 15) is 13.2 Å². The minimum atomic E-state index is -3.92. The molecule has 1 N–H and O–H groups in total. The summed E-state index contributed by atoms with van der Waals surface area (Å²) in [6.45, 7) is 5.70. The lowest BCUT2D eigenvalue weighted by Gasteiger charge is -2.22. The number of ether oxygens (including phenoxy) is 1. The first-order valence-corrected chi connectivity index (χ1v) is 11.0. The van der Waals surface area contributed by atoms with Crippen LogP contribution < -0.4 is 4.72 Å². The smallest absolute Gasteiger partial charge is 0.338 e. The molecular weight excluding hydrogens is 398 g/mol. The molecule has 3 rings (SSSR count). The van der Waals surface area contributed by atoms with Crippen LogP contribution in [0.25, 0.3) is 0 Å². The second-order valence-corrected chi connectivity index (χ2v) is 9.01. The molecule has 0 saturated heterocycles. The van der Waals surface area contributed by atoms with Gasteiger partial charge in [-0.25, -0.2) is 13.2 Å². The van der Waals surface area contributed by atoms with Gasteiger partial charge in [-0.1, -0.05) is 60.2 Å². The Hall–Kier alpha value is -2.96. The van der Waals surface area contributed by atoms with E-state index in [-0.39, 0.29) is 10.5 Å². The first kappa shape index (κ1) is 21.7. The maximum atomic E-state index is 13.3. The second-order valence-electron chi connectivity index (χ2n) is 7.29. The number of aryl methyl sites for hydroxylation is 3. The number of nitrogens with one attached hydrogen (secondary N) is 1. The van der Waals surface area contributed by atoms with Crippen LogP contribution >= 0.6 is 0 Å². The number of benzene rings is 3. The standard InChI is InChI=1S/C24H25NO4S/c1-16-10-13-21(18(3)14-16)23(19-8-6-5-7-9-19)25-30(27,28)20-12-11-17(2)22(15-20)24(26)29-4/h5-15,23,25H,1-4H3. The molecule has 0 bridgehead atoms. The molecule has 5 nitrogen and oxygen atoms in total. The number of carbonyl (C=O) groups excluding carboxylic acids is 1. The molecule has 6 heteroatoms. The van der Waals surface area contributed by atoms with E-state index in [0.29, 0.717) is 5.56 Å². The van der Waals surface area contributed by atoms with E-state index in [4.69, 9.17) is 4.74 Å². The highest BCUT2D eigenvalue weighted by molar-refractivity contribution is 7.89. The molecule has 1 unspecified atom stereocenters. The highest BCUT2D eigenvalue weighted by Gasteiger charge is 2.25. The number of sulfonamides is 1. The molecule has 0 aliphatic rings. The van der Waals surface area contributed by atoms with Gasteiger partial charge in [0.05, 0.1) is 23.6 Å². The summed E-state index contributed by atoms with van der Waals surface area (Å²) in [5, 5.41) is 0. The SMILES string of the molecule is COC(=O)c1cc(S(=O)(=O)NC(c2ccccc2)c2ccc(C)cc2C)ccc1C. The molecule has 0 aliphatic carbocycles. The Morgan fingerprint density at radius 3 is 2.23 bits per heavy atom. The van der Waals surface area contributed by atoms with Crippen molar-refractivity contribution in [3.63, 3.8) is 0 Å². The second kappa shape index (κ2) is 8.81. The van der Waals surface area contributed by atoms with Crippen molar-refractivity contribution in [3.05, 3.63) is 100 Å². The van der Waals surface area contributed by atoms with Crippen molar-refractivity contribution in [2.24, 2.45) is 0 Å². The minimum Gasteiger partial charge on any atom is -0.465 e. The number of hydrogen-bond donors (Lipinski definition) is 1. The van der Waals surface area contributed by atoms with Gasteiger partial charge in [0.25, 0.3) is 0 Å². The Balaban J connectivity index is 2.07. The van der Waals surface area contributed by atoms with Gasteiger partial charge in [0, 0.05) is 0 Å². The average Bonchev–Trinajstić information content (AvgIpc) is 2.72. The van der Waals surface area contributed by atoms with Crippen LogP contribution in [0.4, 0.5) is 0 Å². The van der Waals surface area contributed by atoms with Gasteiger partial charge in [0.1, 0.15) is 0 Å². The van der Waals surface area contributed by atoms with Crippen LogP contribution in [0.5, 0.6) is 0 Å². The fourth-order valence-electron chi connectivity index (χ4n) is 3.43. The predicted octanol–water partition coefficient (Wildman–Crippen LogP) is 4.47. The van der Waals surface area contributed by atoms with Crippen LogP contribution in [-0.4, -0.2) is 21.5 Å². The van der Waals surface area contributed by atoms with Crippen molar-refractivity contribution in [1.29, 1.82) is 0 Å². The lowest BCUT2D eigenvalue weighted by Crippen LogP contribution is -2.30. The van der Waals surface area contributed by atoms with E-state index in [2.05, 4.69) is 4.72 Å². The van der Waals surface area contributed by atoms with Gasteiger partial charge in [0.15, 0.2) is 0 Å². The van der Waals surface area contributed by atoms with Crippen molar-refractivity contribution in [2.75, 3.05) is 7.11 Å². The van der Waals surface area contributed by atoms with Crippen LogP contribution in [0.1, 0.15) is 44.2 Å². The highest BCUT2D eigenvalue weighted by Crippen LogP contribution is 2.28. The molecule has 156 valence electrons. The van der Waals surface area contributed by atoms with Gasteiger partial charge in [-0.15, -0.1) is 0 Å². The van der Waals surface area contributed by atoms with Gasteiger partial charge < -0.3 is 4.74 Å². The Labute approximate surface area is 177 Å². The van der Waals surface area contributed by atoms with Gasteiger partial charge in [-0.2, -0.15) is 4.72 Å². The summed E-state index contributed by atoms with van der Waals surface area (Å²) in [6.07, 6.45) is 0. The lowest BCUT2D eigenvalue weighted by atomic mass is 9.95. The predicted molar refractivity (Wildman–Crippen MR) is 117 cm³/mol. The molecule has 1 atom stereocenters. The van der Waals surface area contributed by atoms with Crippen molar-refractivity contribution in [1.82, 2.24) is 4.72 Å². The molecule has 0 aromatic heterocycles. The zero-order valence-corrected chi connectivity index (χ0v) is 18.3. The molecule has 0 spiro atoms. The Morgan fingerprint density at radius 2 is 1.60 bits per heavy atom. The normalized spacial score (nSPS) is 12.4. The number of esters is 1. The highest BCUT2D eigenvalue weighted by atomic mass is 32.2. The third-order valence-electron chi connectivity index (χ3n) is 5.07. The zero-order chi connectivity index (χ0) is 21.9. The van der Waals surface area contributed by atoms with Crippen LogP contribution in [-0.2, 0) is 14.8 Å². The van der Waals surface area contributed by atoms with Crippen LogP contribution in [0.3, 0.4) is 0 Å². The maximum Gasteiger partial charge on any atom is 0.338 e. The van der Waals surface area contributed by atoms with E-state index in [1.54, 1.807) is 13.0 Å². The van der Waals surface area contributed by atoms with Crippen LogP contribution in [0.15, 0.2) is 71.6 Å². The molecule has 30 heavy (non-hydrogen) atoms. The summed E-state index contributed by atoms with van der Waals surface area (Å²) in [5.41, 5.74) is 4.67. The summed E-state index contributed by atoms with van der Waals surface area (Å²) in [5.74, 6) is -0.571. The molecule has 0 saturated carbocycles. The van der Waals surface area contributed by atoms with E-state index in [0.717, 1.165) is 22.3 Å². The van der Waals surface area contributed by atoms with Crippen molar-refractivity contribution in [2.45, 2.75) is 31.7 Å². The molecule has 3 aromatic carbocycles. The Morgan fingerprint density at radius 1 is 0.900 bits per heavy atom. The van der Waals surface area contributed by atoms with Crippen molar-refractivity contribution >= 4 is 16.0 Å². The minimum absolute atomic E-state index is 0.0131. The quantitative estimate of drug-likeness (QED) is 0.594. The monoisotopic (exact) mass is 423 g/mol. The molecule has 0 heterocycles. The van der Waals surface area contributed by atoms with E-state index in [1.165, 1.54) is 19.2 Å². The lowest BCUT2D eigenvalue weighted by molar-refractivity contribution is 0.0599. The molecule has 0 radical (unpaired) electrons. The topological polar surface area (TPSA) is 72.5 Å². The maximum absolute atomic E-state index is 13.3. The van der Waals surface area contributed by atoms with Gasteiger partial charge in [-0.05, 0) is 55.2 Å². The van der Waals surface area contributed by atoms with Crippen molar-refractivity contribution < 1.29 is 17.9 Å². The molecule has 0 aliphatic heterocycles. The summed E-state index contributed by atoms with van der Waals surface area (Å²) >= 11 is 0. The van der Waals surface area contributed by atoms with Gasteiger partial charge >= 0.3 is 5.97 Å². The first-order chi connectivity index (χ1) is 14.2. The fraction of sp³-hybridized carbons (Fsp3) is 0.208. The first-order valence-electron chi connectivity index (χ1n) is 9.56. The molecule has 3 aromatic rings. The summed E-state index contributed by atoms with van der Waals surface area (Å²) < 4.78 is 34.2. The Kier molecular flexibility index (Phi) is 6.39. The van der Waals surface area contributed by atoms with E-state index >= 15 is 0 Å². The molecular formula is C24H25NO4S. The Bertz CT molecular complexity index is 1170. The largest absolute Gasteiger partial charge is 0.465 e. The van der Waals surface area contributed by atoms with E-state index < -0.39 is 22.0 Å². The third kappa shape index (κ3) is 4.61. The van der Waals surface area contributed by atoms with Crippen LogP contribution in [0.2, 0.25) is 0 Å². The van der Waals surface area contributed by atoms with Gasteiger partial charge in [0.2, 0.25) is 10.0 Å². The van der Waals surface area contributed by atoms with Crippen molar-refractivity contribution in [3.8, 4) is 0 Å². The summed E-state index contributed by atoms with van der Waals surface area (Å²) in [4.78, 5) is 12.0. The average molecular weight is 424 g/mol. The third-order valence-corrected chi connectivity index (χ3v) is 6.49. The molecule has 0 fully saturated rings. The number of methoxy groups -OCH3 is 1. The summed E-state index contributed by atoms with van der Waals surface area (Å²) in [7, 11) is -2.65. The van der Waals surface area contributed by atoms with Gasteiger partial charge in [-0.3, -0.25) is 0 Å². The number of carbonyl (C=O) groups is 1. The van der Waals surface area contributed by atoms with Crippen LogP contribution in [0, 0.1) is 20.8 Å². The number of hydrogen-bond acceptors (Lipinski definition) is 4. The number of rotatable bonds is 6. The molecule has 0 amide bonds.